The van der Waals surface area contributed by atoms with Crippen molar-refractivity contribution < 1.29 is 24.1 Å². The van der Waals surface area contributed by atoms with Gasteiger partial charge in [-0.15, -0.1) is 0 Å². The van der Waals surface area contributed by atoms with Gasteiger partial charge in [-0.1, -0.05) is 23.7 Å². The monoisotopic (exact) mass is 276 g/mol. The Morgan fingerprint density at radius 3 is 2.78 bits per heavy atom. The van der Waals surface area contributed by atoms with Gasteiger partial charge >= 0.3 is 5.97 Å². The van der Waals surface area contributed by atoms with E-state index >= 15 is 0 Å². The highest BCUT2D eigenvalue weighted by Gasteiger charge is 2.25. The summed E-state index contributed by atoms with van der Waals surface area (Å²) >= 11 is 5.56. The highest BCUT2D eigenvalue weighted by molar-refractivity contribution is 6.30. The number of hydrogen-bond donors (Lipinski definition) is 2. The van der Waals surface area contributed by atoms with Gasteiger partial charge in [0.2, 0.25) is 0 Å². The Labute approximate surface area is 109 Å². The molecule has 0 spiro atoms. The number of esters is 1. The molecular formula is C12H14ClFO4. The Kier molecular flexibility index (Phi) is 5.53. The van der Waals surface area contributed by atoms with Crippen LogP contribution in [0.3, 0.4) is 0 Å². The third-order valence-electron chi connectivity index (χ3n) is 2.35. The van der Waals surface area contributed by atoms with E-state index in [2.05, 4.69) is 4.74 Å². The largest absolute Gasteiger partial charge is 0.466 e. The van der Waals surface area contributed by atoms with Crippen molar-refractivity contribution in [1.82, 2.24) is 0 Å². The van der Waals surface area contributed by atoms with Gasteiger partial charge in [-0.3, -0.25) is 4.79 Å². The van der Waals surface area contributed by atoms with Crippen molar-refractivity contribution >= 4 is 17.6 Å². The third-order valence-corrected chi connectivity index (χ3v) is 2.64. The van der Waals surface area contributed by atoms with Crippen molar-refractivity contribution in [3.8, 4) is 0 Å². The van der Waals surface area contributed by atoms with Crippen molar-refractivity contribution in [2.75, 3.05) is 6.61 Å². The van der Waals surface area contributed by atoms with Gasteiger partial charge in [-0.25, -0.2) is 4.39 Å². The zero-order chi connectivity index (χ0) is 13.7. The van der Waals surface area contributed by atoms with E-state index in [0.717, 1.165) is 0 Å². The molecule has 0 aliphatic heterocycles. The average Bonchev–Trinajstić information content (AvgIpc) is 2.32. The molecule has 2 N–H and O–H groups in total. The van der Waals surface area contributed by atoms with Crippen LogP contribution in [0.15, 0.2) is 18.2 Å². The lowest BCUT2D eigenvalue weighted by molar-refractivity contribution is -0.147. The predicted molar refractivity (Wildman–Crippen MR) is 63.6 cm³/mol. The van der Waals surface area contributed by atoms with Crippen LogP contribution < -0.4 is 0 Å². The standard InChI is InChI=1S/C12H14ClFO4/c1-2-18-10(16)6-9(15)12(17)7-4-3-5-8(13)11(7)14/h3-5,9,12,15,17H,2,6H2,1H3. The summed E-state index contributed by atoms with van der Waals surface area (Å²) in [5.41, 5.74) is -0.153. The summed E-state index contributed by atoms with van der Waals surface area (Å²) in [6.07, 6.45) is -3.40. The zero-order valence-electron chi connectivity index (χ0n) is 9.77. The second-order valence-electron chi connectivity index (χ2n) is 3.66. The number of carbonyl (C=O) groups excluding carboxylic acids is 1. The van der Waals surface area contributed by atoms with E-state index in [1.807, 2.05) is 0 Å². The summed E-state index contributed by atoms with van der Waals surface area (Å²) < 4.78 is 18.2. The van der Waals surface area contributed by atoms with Crippen molar-refractivity contribution in [2.24, 2.45) is 0 Å². The molecule has 2 atom stereocenters. The first-order valence-electron chi connectivity index (χ1n) is 5.43. The van der Waals surface area contributed by atoms with Crippen LogP contribution in [-0.4, -0.2) is 28.9 Å². The Morgan fingerprint density at radius 1 is 1.50 bits per heavy atom. The molecule has 6 heteroatoms. The van der Waals surface area contributed by atoms with E-state index < -0.39 is 30.4 Å². The summed E-state index contributed by atoms with van der Waals surface area (Å²) in [6.45, 7) is 1.80. The van der Waals surface area contributed by atoms with Crippen molar-refractivity contribution in [3.05, 3.63) is 34.6 Å². The molecule has 4 nitrogen and oxygen atoms in total. The highest BCUT2D eigenvalue weighted by Crippen LogP contribution is 2.26. The maximum Gasteiger partial charge on any atom is 0.308 e. The minimum absolute atomic E-state index is 0.153. The number of carbonyl (C=O) groups is 1. The predicted octanol–water partition coefficient (Wildman–Crippen LogP) is 1.83. The molecule has 1 aromatic rings. The summed E-state index contributed by atoms with van der Waals surface area (Å²) in [5.74, 6) is -1.47. The van der Waals surface area contributed by atoms with Gasteiger partial charge in [0.05, 0.1) is 24.2 Å². The maximum absolute atomic E-state index is 13.6. The molecule has 0 saturated heterocycles. The fourth-order valence-electron chi connectivity index (χ4n) is 1.46. The van der Waals surface area contributed by atoms with Gasteiger partial charge in [0.15, 0.2) is 0 Å². The second kappa shape index (κ2) is 6.68. The van der Waals surface area contributed by atoms with Crippen LogP contribution in [0.1, 0.15) is 25.0 Å². The smallest absolute Gasteiger partial charge is 0.308 e. The lowest BCUT2D eigenvalue weighted by Gasteiger charge is -2.18. The highest BCUT2D eigenvalue weighted by atomic mass is 35.5. The van der Waals surface area contributed by atoms with Gasteiger partial charge in [0.1, 0.15) is 11.9 Å². The number of aliphatic hydroxyl groups is 2. The summed E-state index contributed by atoms with van der Waals surface area (Å²) in [4.78, 5) is 11.1. The van der Waals surface area contributed by atoms with Crippen LogP contribution in [0, 0.1) is 5.82 Å². The van der Waals surface area contributed by atoms with Crippen LogP contribution in [0.4, 0.5) is 4.39 Å². The molecule has 100 valence electrons. The number of hydrogen-bond acceptors (Lipinski definition) is 4. The number of benzene rings is 1. The van der Waals surface area contributed by atoms with Crippen LogP contribution >= 0.6 is 11.6 Å². The molecular weight excluding hydrogens is 263 g/mol. The first kappa shape index (κ1) is 14.9. The van der Waals surface area contributed by atoms with Gasteiger partial charge in [-0.05, 0) is 13.0 Å². The van der Waals surface area contributed by atoms with E-state index in [9.17, 15) is 19.4 Å². The van der Waals surface area contributed by atoms with E-state index in [4.69, 9.17) is 11.6 Å². The van der Waals surface area contributed by atoms with E-state index in [-0.39, 0.29) is 17.2 Å². The SMILES string of the molecule is CCOC(=O)CC(O)C(O)c1cccc(Cl)c1F. The van der Waals surface area contributed by atoms with Crippen molar-refractivity contribution in [3.63, 3.8) is 0 Å². The lowest BCUT2D eigenvalue weighted by Crippen LogP contribution is -2.23. The average molecular weight is 277 g/mol. The molecule has 0 aromatic heterocycles. The molecule has 0 bridgehead atoms. The van der Waals surface area contributed by atoms with Crippen LogP contribution in [0.2, 0.25) is 5.02 Å². The number of ether oxygens (including phenoxy) is 1. The Morgan fingerprint density at radius 2 is 2.17 bits per heavy atom. The van der Waals surface area contributed by atoms with Crippen molar-refractivity contribution in [1.29, 1.82) is 0 Å². The van der Waals surface area contributed by atoms with Crippen LogP contribution in [0.25, 0.3) is 0 Å². The molecule has 0 saturated carbocycles. The first-order valence-corrected chi connectivity index (χ1v) is 5.80. The number of rotatable bonds is 5. The van der Waals surface area contributed by atoms with E-state index in [1.54, 1.807) is 6.92 Å². The van der Waals surface area contributed by atoms with Crippen LogP contribution in [0.5, 0.6) is 0 Å². The third kappa shape index (κ3) is 3.66. The van der Waals surface area contributed by atoms with Gasteiger partial charge in [0, 0.05) is 5.56 Å². The lowest BCUT2D eigenvalue weighted by atomic mass is 10.0. The molecule has 18 heavy (non-hydrogen) atoms. The maximum atomic E-state index is 13.6. The minimum Gasteiger partial charge on any atom is -0.466 e. The van der Waals surface area contributed by atoms with Crippen LogP contribution in [-0.2, 0) is 9.53 Å². The fraction of sp³-hybridized carbons (Fsp3) is 0.417. The molecule has 0 aliphatic carbocycles. The molecule has 1 aromatic carbocycles. The quantitative estimate of drug-likeness (QED) is 0.805. The van der Waals surface area contributed by atoms with Crippen molar-refractivity contribution in [2.45, 2.75) is 25.6 Å². The minimum atomic E-state index is -1.53. The molecule has 0 fully saturated rings. The topological polar surface area (TPSA) is 66.8 Å². The van der Waals surface area contributed by atoms with Gasteiger partial charge in [0.25, 0.3) is 0 Å². The number of halogens is 2. The van der Waals surface area contributed by atoms with E-state index in [0.29, 0.717) is 0 Å². The molecule has 0 amide bonds. The van der Waals surface area contributed by atoms with Gasteiger partial charge < -0.3 is 14.9 Å². The van der Waals surface area contributed by atoms with E-state index in [1.165, 1.54) is 18.2 Å². The molecule has 0 aliphatic rings. The summed E-state index contributed by atoms with van der Waals surface area (Å²) in [6, 6.07) is 4.06. The Hall–Kier alpha value is -1.17. The Bertz CT molecular complexity index is 425. The van der Waals surface area contributed by atoms with Gasteiger partial charge in [-0.2, -0.15) is 0 Å². The zero-order valence-corrected chi connectivity index (χ0v) is 10.5. The number of aliphatic hydroxyl groups excluding tert-OH is 2. The molecule has 1 rings (SSSR count). The Balaban J connectivity index is 2.77. The molecule has 2 unspecified atom stereocenters. The molecule has 0 heterocycles. The first-order chi connectivity index (χ1) is 8.47. The fourth-order valence-corrected chi connectivity index (χ4v) is 1.64. The second-order valence-corrected chi connectivity index (χ2v) is 4.07. The molecule has 0 radical (unpaired) electrons. The summed E-state index contributed by atoms with van der Waals surface area (Å²) in [5, 5.41) is 19.2. The normalized spacial score (nSPS) is 14.1. The summed E-state index contributed by atoms with van der Waals surface area (Å²) in [7, 11) is 0.